The molecule has 0 bridgehead atoms. The Morgan fingerprint density at radius 3 is 2.71 bits per heavy atom. The van der Waals surface area contributed by atoms with E-state index in [0.29, 0.717) is 5.56 Å². The molecule has 0 saturated heterocycles. The second-order valence-corrected chi connectivity index (χ2v) is 3.14. The fraction of sp³-hybridized carbons (Fsp3) is 0. The van der Waals surface area contributed by atoms with Crippen molar-refractivity contribution in [1.82, 2.24) is 9.97 Å². The molecule has 2 rings (SSSR count). The number of pyridine rings is 1. The van der Waals surface area contributed by atoms with Gasteiger partial charge in [-0.1, -0.05) is 0 Å². The highest BCUT2D eigenvalue weighted by atomic mass is 16.4. The van der Waals surface area contributed by atoms with Crippen molar-refractivity contribution in [2.45, 2.75) is 0 Å². The van der Waals surface area contributed by atoms with E-state index in [-0.39, 0.29) is 17.3 Å². The summed E-state index contributed by atoms with van der Waals surface area (Å²) < 4.78 is 4.97. The number of primary amides is 1. The number of nitrogens with two attached hydrogens (primary N) is 1. The highest BCUT2D eigenvalue weighted by Crippen LogP contribution is 2.18. The molecule has 0 aliphatic rings. The Kier molecular flexibility index (Phi) is 2.57. The number of aromatic nitrogens is 2. The van der Waals surface area contributed by atoms with Crippen molar-refractivity contribution in [2.75, 3.05) is 0 Å². The van der Waals surface area contributed by atoms with Crippen LogP contribution in [0.15, 0.2) is 29.0 Å². The number of carboxylic acid groups (broad SMARTS) is 1. The van der Waals surface area contributed by atoms with Gasteiger partial charge in [-0.3, -0.25) is 9.78 Å². The number of nitrogens with zero attached hydrogens (tertiary/aromatic N) is 2. The van der Waals surface area contributed by atoms with Gasteiger partial charge in [-0.2, -0.15) is 0 Å². The van der Waals surface area contributed by atoms with Crippen LogP contribution < -0.4 is 5.73 Å². The summed E-state index contributed by atoms with van der Waals surface area (Å²) in [5, 5.41) is 8.68. The molecule has 0 spiro atoms. The number of amides is 1. The molecular weight excluding hydrogens is 226 g/mol. The molecule has 17 heavy (non-hydrogen) atoms. The van der Waals surface area contributed by atoms with Crippen molar-refractivity contribution in [3.8, 4) is 11.5 Å². The van der Waals surface area contributed by atoms with E-state index in [0.717, 1.165) is 6.26 Å². The van der Waals surface area contributed by atoms with E-state index < -0.39 is 11.9 Å². The number of aromatic carboxylic acids is 1. The van der Waals surface area contributed by atoms with Crippen molar-refractivity contribution in [2.24, 2.45) is 5.73 Å². The van der Waals surface area contributed by atoms with Gasteiger partial charge in [0.1, 0.15) is 12.0 Å². The molecule has 0 atom stereocenters. The normalized spacial score (nSPS) is 10.1. The van der Waals surface area contributed by atoms with Gasteiger partial charge >= 0.3 is 5.97 Å². The van der Waals surface area contributed by atoms with Crippen LogP contribution in [-0.2, 0) is 0 Å². The van der Waals surface area contributed by atoms with Gasteiger partial charge in [0.2, 0.25) is 5.89 Å². The third kappa shape index (κ3) is 2.12. The topological polar surface area (TPSA) is 119 Å². The van der Waals surface area contributed by atoms with E-state index in [1.165, 1.54) is 18.3 Å². The lowest BCUT2D eigenvalue weighted by molar-refractivity contribution is 0.0690. The molecule has 0 unspecified atom stereocenters. The molecule has 0 saturated carbocycles. The lowest BCUT2D eigenvalue weighted by Crippen LogP contribution is -2.12. The SMILES string of the molecule is NC(=O)c1cc(-c2nc(C(=O)O)co2)ccn1. The van der Waals surface area contributed by atoms with Crippen LogP contribution in [0.1, 0.15) is 21.0 Å². The molecule has 7 heteroatoms. The minimum absolute atomic E-state index is 0.0533. The summed E-state index contributed by atoms with van der Waals surface area (Å²) in [6.07, 6.45) is 2.38. The summed E-state index contributed by atoms with van der Waals surface area (Å²) in [5.41, 5.74) is 5.34. The Bertz CT molecular complexity index is 591. The number of hydrogen-bond donors (Lipinski definition) is 2. The molecule has 1 amide bonds. The quantitative estimate of drug-likeness (QED) is 0.798. The maximum Gasteiger partial charge on any atom is 0.357 e. The van der Waals surface area contributed by atoms with Crippen LogP contribution >= 0.6 is 0 Å². The zero-order valence-electron chi connectivity index (χ0n) is 8.45. The first kappa shape index (κ1) is 10.8. The van der Waals surface area contributed by atoms with Gasteiger partial charge in [-0.15, -0.1) is 0 Å². The Labute approximate surface area is 94.9 Å². The standard InChI is InChI=1S/C10H7N3O4/c11-8(14)6-3-5(1-2-12-6)9-13-7(4-17-9)10(15)16/h1-4H,(H2,11,14)(H,15,16). The smallest absolute Gasteiger partial charge is 0.357 e. The van der Waals surface area contributed by atoms with Crippen LogP contribution in [0.3, 0.4) is 0 Å². The fourth-order valence-corrected chi connectivity index (χ4v) is 1.20. The average molecular weight is 233 g/mol. The summed E-state index contributed by atoms with van der Waals surface area (Å²) in [4.78, 5) is 29.0. The Hall–Kier alpha value is -2.70. The number of carbonyl (C=O) groups excluding carboxylic acids is 1. The average Bonchev–Trinajstić information content (AvgIpc) is 2.78. The molecule has 2 aromatic rings. The van der Waals surface area contributed by atoms with Crippen molar-refractivity contribution in [3.05, 3.63) is 36.0 Å². The largest absolute Gasteiger partial charge is 0.476 e. The maximum absolute atomic E-state index is 10.9. The predicted octanol–water partition coefficient (Wildman–Crippen LogP) is 0.534. The Morgan fingerprint density at radius 2 is 2.12 bits per heavy atom. The highest BCUT2D eigenvalue weighted by molar-refractivity contribution is 5.91. The van der Waals surface area contributed by atoms with Gasteiger partial charge < -0.3 is 15.3 Å². The van der Waals surface area contributed by atoms with Gasteiger partial charge in [0, 0.05) is 11.8 Å². The molecule has 2 aromatic heterocycles. The van der Waals surface area contributed by atoms with Crippen LogP contribution in [0.4, 0.5) is 0 Å². The molecule has 7 nitrogen and oxygen atoms in total. The highest BCUT2D eigenvalue weighted by Gasteiger charge is 2.13. The molecule has 3 N–H and O–H groups in total. The van der Waals surface area contributed by atoms with Crippen LogP contribution in [0.2, 0.25) is 0 Å². The predicted molar refractivity (Wildman–Crippen MR) is 55.2 cm³/mol. The van der Waals surface area contributed by atoms with Gasteiger partial charge in [-0.05, 0) is 12.1 Å². The number of carboxylic acids is 1. The van der Waals surface area contributed by atoms with Gasteiger partial charge in [0.05, 0.1) is 0 Å². The van der Waals surface area contributed by atoms with Crippen molar-refractivity contribution >= 4 is 11.9 Å². The Morgan fingerprint density at radius 1 is 1.35 bits per heavy atom. The van der Waals surface area contributed by atoms with Crippen molar-refractivity contribution in [1.29, 1.82) is 0 Å². The summed E-state index contributed by atoms with van der Waals surface area (Å²) in [6.45, 7) is 0. The minimum atomic E-state index is -1.19. The molecule has 86 valence electrons. The summed E-state index contributed by atoms with van der Waals surface area (Å²) in [5.74, 6) is -1.78. The van der Waals surface area contributed by atoms with Gasteiger partial charge in [0.15, 0.2) is 5.69 Å². The molecule has 0 aromatic carbocycles. The number of oxazole rings is 1. The maximum atomic E-state index is 10.9. The second-order valence-electron chi connectivity index (χ2n) is 3.14. The van der Waals surface area contributed by atoms with Crippen LogP contribution in [0.5, 0.6) is 0 Å². The van der Waals surface area contributed by atoms with Crippen LogP contribution in [0.25, 0.3) is 11.5 Å². The second kappa shape index (κ2) is 4.05. The van der Waals surface area contributed by atoms with E-state index in [4.69, 9.17) is 15.3 Å². The van der Waals surface area contributed by atoms with E-state index in [1.54, 1.807) is 0 Å². The summed E-state index contributed by atoms with van der Waals surface area (Å²) >= 11 is 0. The molecule has 0 aliphatic carbocycles. The van der Waals surface area contributed by atoms with E-state index in [2.05, 4.69) is 9.97 Å². The van der Waals surface area contributed by atoms with Crippen molar-refractivity contribution in [3.63, 3.8) is 0 Å². The van der Waals surface area contributed by atoms with Gasteiger partial charge in [0.25, 0.3) is 5.91 Å². The zero-order valence-corrected chi connectivity index (χ0v) is 8.45. The summed E-state index contributed by atoms with van der Waals surface area (Å²) in [7, 11) is 0. The fourth-order valence-electron chi connectivity index (χ4n) is 1.20. The lowest BCUT2D eigenvalue weighted by atomic mass is 10.2. The first-order valence-corrected chi connectivity index (χ1v) is 4.53. The number of carbonyl (C=O) groups is 2. The zero-order chi connectivity index (χ0) is 12.4. The first-order valence-electron chi connectivity index (χ1n) is 4.53. The van der Waals surface area contributed by atoms with E-state index in [9.17, 15) is 9.59 Å². The molecular formula is C10H7N3O4. The van der Waals surface area contributed by atoms with Crippen LogP contribution in [-0.4, -0.2) is 27.0 Å². The first-order chi connectivity index (χ1) is 8.08. The molecule has 0 aliphatic heterocycles. The van der Waals surface area contributed by atoms with E-state index in [1.807, 2.05) is 0 Å². The minimum Gasteiger partial charge on any atom is -0.476 e. The van der Waals surface area contributed by atoms with Crippen molar-refractivity contribution < 1.29 is 19.1 Å². The third-order valence-corrected chi connectivity index (χ3v) is 1.98. The Balaban J connectivity index is 2.42. The molecule has 2 heterocycles. The monoisotopic (exact) mass is 233 g/mol. The number of rotatable bonds is 3. The molecule has 0 fully saturated rings. The lowest BCUT2D eigenvalue weighted by Gasteiger charge is -1.97. The summed E-state index contributed by atoms with van der Waals surface area (Å²) in [6, 6.07) is 2.91. The van der Waals surface area contributed by atoms with E-state index >= 15 is 0 Å². The number of hydrogen-bond acceptors (Lipinski definition) is 5. The van der Waals surface area contributed by atoms with Crippen LogP contribution in [0, 0.1) is 0 Å². The molecule has 0 radical (unpaired) electrons. The third-order valence-electron chi connectivity index (χ3n) is 1.98. The van der Waals surface area contributed by atoms with Gasteiger partial charge in [-0.25, -0.2) is 9.78 Å².